The zero-order chi connectivity index (χ0) is 8.81. The molecule has 1 heterocycles. The molecule has 0 bridgehead atoms. The van der Waals surface area contributed by atoms with Crippen LogP contribution in [-0.2, 0) is 0 Å². The lowest BCUT2D eigenvalue weighted by atomic mass is 10.3. The van der Waals surface area contributed by atoms with E-state index in [0.29, 0.717) is 6.54 Å². The third-order valence-corrected chi connectivity index (χ3v) is 1.94. The number of nitrogens with one attached hydrogen (secondary N) is 2. The van der Waals surface area contributed by atoms with Crippen molar-refractivity contribution in [1.82, 2.24) is 4.98 Å². The number of thiazole rings is 1. The van der Waals surface area contributed by atoms with Crippen molar-refractivity contribution in [3.8, 4) is 0 Å². The van der Waals surface area contributed by atoms with Crippen LogP contribution in [0.5, 0.6) is 0 Å². The highest BCUT2D eigenvalue weighted by Gasteiger charge is 1.91. The highest BCUT2D eigenvalue weighted by Crippen LogP contribution is 2.09. The Morgan fingerprint density at radius 1 is 1.83 bits per heavy atom. The van der Waals surface area contributed by atoms with Crippen LogP contribution in [0.15, 0.2) is 23.3 Å². The summed E-state index contributed by atoms with van der Waals surface area (Å²) in [5.41, 5.74) is 6.09. The van der Waals surface area contributed by atoms with E-state index >= 15 is 0 Å². The highest BCUT2D eigenvalue weighted by molar-refractivity contribution is 7.13. The summed E-state index contributed by atoms with van der Waals surface area (Å²) < 4.78 is 0. The largest absolute Gasteiger partial charge is 0.338 e. The Hall–Kier alpha value is -1.20. The third-order valence-electron chi connectivity index (χ3n) is 1.23. The summed E-state index contributed by atoms with van der Waals surface area (Å²) in [7, 11) is 0. The van der Waals surface area contributed by atoms with Gasteiger partial charge in [0.1, 0.15) is 0 Å². The maximum atomic E-state index is 6.96. The first-order chi connectivity index (χ1) is 5.86. The monoisotopic (exact) mass is 182 g/mol. The fraction of sp³-hybridized carbons (Fsp3) is 0.143. The minimum Gasteiger partial charge on any atom is -0.338 e. The van der Waals surface area contributed by atoms with E-state index in [0.717, 1.165) is 10.7 Å². The van der Waals surface area contributed by atoms with Gasteiger partial charge in [-0.2, -0.15) is 0 Å². The lowest BCUT2D eigenvalue weighted by Gasteiger charge is -1.96. The second-order valence-corrected chi connectivity index (χ2v) is 2.94. The van der Waals surface area contributed by atoms with Gasteiger partial charge in [-0.15, -0.1) is 11.3 Å². The van der Waals surface area contributed by atoms with Crippen molar-refractivity contribution < 1.29 is 0 Å². The van der Waals surface area contributed by atoms with E-state index < -0.39 is 0 Å². The van der Waals surface area contributed by atoms with Crippen LogP contribution in [0.1, 0.15) is 0 Å². The van der Waals surface area contributed by atoms with Crippen molar-refractivity contribution in [2.45, 2.75) is 0 Å². The Morgan fingerprint density at radius 2 is 2.67 bits per heavy atom. The molecule has 0 atom stereocenters. The molecule has 64 valence electrons. The first kappa shape index (κ1) is 8.89. The SMILES string of the molecule is N=C/C(=C\Nc1nccs1)CN. The zero-order valence-electron chi connectivity index (χ0n) is 6.45. The van der Waals surface area contributed by atoms with Crippen LogP contribution in [0.2, 0.25) is 0 Å². The Morgan fingerprint density at radius 3 is 3.17 bits per heavy atom. The molecular formula is C7H10N4S. The van der Waals surface area contributed by atoms with Crippen LogP contribution in [0.4, 0.5) is 5.13 Å². The van der Waals surface area contributed by atoms with Crippen molar-refractivity contribution in [1.29, 1.82) is 5.41 Å². The molecule has 0 saturated heterocycles. The summed E-state index contributed by atoms with van der Waals surface area (Å²) in [6, 6.07) is 0. The maximum Gasteiger partial charge on any atom is 0.186 e. The molecular weight excluding hydrogens is 172 g/mol. The van der Waals surface area contributed by atoms with Gasteiger partial charge in [0.2, 0.25) is 0 Å². The van der Waals surface area contributed by atoms with Crippen molar-refractivity contribution >= 4 is 22.7 Å². The molecule has 0 aliphatic carbocycles. The van der Waals surface area contributed by atoms with Crippen molar-refractivity contribution in [2.75, 3.05) is 11.9 Å². The van der Waals surface area contributed by atoms with Gasteiger partial charge in [-0.25, -0.2) is 4.98 Å². The fourth-order valence-corrected chi connectivity index (χ4v) is 1.11. The fourth-order valence-electron chi connectivity index (χ4n) is 0.609. The van der Waals surface area contributed by atoms with Crippen LogP contribution < -0.4 is 11.1 Å². The van der Waals surface area contributed by atoms with Crippen LogP contribution in [0.3, 0.4) is 0 Å². The first-order valence-electron chi connectivity index (χ1n) is 3.42. The molecule has 0 saturated carbocycles. The molecule has 4 N–H and O–H groups in total. The van der Waals surface area contributed by atoms with E-state index in [-0.39, 0.29) is 0 Å². The van der Waals surface area contributed by atoms with E-state index in [1.807, 2.05) is 5.38 Å². The molecule has 0 fully saturated rings. The molecule has 0 aromatic carbocycles. The van der Waals surface area contributed by atoms with Gasteiger partial charge in [-0.1, -0.05) is 0 Å². The standard InChI is InChI=1S/C7H10N4S/c8-3-6(4-9)5-11-7-10-1-2-12-7/h1-3,5,8H,4,9H2,(H,10,11)/b6-5+,8-3?. The van der Waals surface area contributed by atoms with Gasteiger partial charge in [0.15, 0.2) is 5.13 Å². The van der Waals surface area contributed by atoms with Gasteiger partial charge >= 0.3 is 0 Å². The molecule has 12 heavy (non-hydrogen) atoms. The summed E-state index contributed by atoms with van der Waals surface area (Å²) >= 11 is 1.50. The molecule has 0 aliphatic heterocycles. The van der Waals surface area contributed by atoms with Gasteiger partial charge in [0.25, 0.3) is 0 Å². The number of hydrogen-bond donors (Lipinski definition) is 3. The summed E-state index contributed by atoms with van der Waals surface area (Å²) in [6.45, 7) is 0.363. The predicted molar refractivity (Wildman–Crippen MR) is 51.7 cm³/mol. The Kier molecular flexibility index (Phi) is 3.43. The highest BCUT2D eigenvalue weighted by atomic mass is 32.1. The quantitative estimate of drug-likeness (QED) is 0.609. The number of anilines is 1. The maximum absolute atomic E-state index is 6.96. The average molecular weight is 182 g/mol. The zero-order valence-corrected chi connectivity index (χ0v) is 7.27. The molecule has 5 heteroatoms. The lowest BCUT2D eigenvalue weighted by Crippen LogP contribution is -2.05. The van der Waals surface area contributed by atoms with Gasteiger partial charge < -0.3 is 16.5 Å². The topological polar surface area (TPSA) is 74.8 Å². The molecule has 0 amide bonds. The van der Waals surface area contributed by atoms with Crippen LogP contribution >= 0.6 is 11.3 Å². The van der Waals surface area contributed by atoms with E-state index in [1.54, 1.807) is 12.4 Å². The van der Waals surface area contributed by atoms with E-state index in [9.17, 15) is 0 Å². The molecule has 0 radical (unpaired) electrons. The minimum atomic E-state index is 0.363. The van der Waals surface area contributed by atoms with Gasteiger partial charge in [-0.3, -0.25) is 0 Å². The normalized spacial score (nSPS) is 11.2. The number of nitrogens with two attached hydrogens (primary N) is 1. The second kappa shape index (κ2) is 4.63. The molecule has 1 rings (SSSR count). The average Bonchev–Trinajstić information content (AvgIpc) is 2.59. The van der Waals surface area contributed by atoms with Crippen LogP contribution in [0, 0.1) is 5.41 Å². The Bertz CT molecular complexity index is 265. The second-order valence-electron chi connectivity index (χ2n) is 2.05. The smallest absolute Gasteiger partial charge is 0.186 e. The number of nitrogens with zero attached hydrogens (tertiary/aromatic N) is 1. The van der Waals surface area contributed by atoms with Gasteiger partial charge in [-0.05, 0) is 5.57 Å². The molecule has 4 nitrogen and oxygen atoms in total. The first-order valence-corrected chi connectivity index (χ1v) is 4.30. The predicted octanol–water partition coefficient (Wildman–Crippen LogP) is 1.05. The van der Waals surface area contributed by atoms with Crippen molar-refractivity contribution in [3.63, 3.8) is 0 Å². The Balaban J connectivity index is 2.53. The lowest BCUT2D eigenvalue weighted by molar-refractivity contribution is 1.20. The summed E-state index contributed by atoms with van der Waals surface area (Å²) in [5.74, 6) is 0. The number of aromatic nitrogens is 1. The third kappa shape index (κ3) is 2.44. The van der Waals surface area contributed by atoms with Crippen LogP contribution in [0.25, 0.3) is 0 Å². The van der Waals surface area contributed by atoms with Gasteiger partial charge in [0.05, 0.1) is 0 Å². The number of hydrogen-bond acceptors (Lipinski definition) is 5. The van der Waals surface area contributed by atoms with Gasteiger partial charge in [0, 0.05) is 30.5 Å². The molecule has 0 aliphatic rings. The van der Waals surface area contributed by atoms with Crippen molar-refractivity contribution in [2.24, 2.45) is 5.73 Å². The molecule has 1 aromatic heterocycles. The summed E-state index contributed by atoms with van der Waals surface area (Å²) in [4.78, 5) is 4.00. The molecule has 1 aromatic rings. The van der Waals surface area contributed by atoms with E-state index in [2.05, 4.69) is 10.3 Å². The summed E-state index contributed by atoms with van der Waals surface area (Å²) in [6.07, 6.45) is 4.62. The summed E-state index contributed by atoms with van der Waals surface area (Å²) in [5, 5.41) is 12.6. The Labute approximate surface area is 74.6 Å². The molecule has 0 spiro atoms. The van der Waals surface area contributed by atoms with E-state index in [4.69, 9.17) is 11.1 Å². The number of rotatable bonds is 4. The van der Waals surface area contributed by atoms with Crippen LogP contribution in [-0.4, -0.2) is 17.7 Å². The van der Waals surface area contributed by atoms with E-state index in [1.165, 1.54) is 17.6 Å². The molecule has 0 unspecified atom stereocenters. The van der Waals surface area contributed by atoms with Crippen molar-refractivity contribution in [3.05, 3.63) is 23.3 Å². The minimum absolute atomic E-state index is 0.363.